The fourth-order valence-corrected chi connectivity index (χ4v) is 3.15. The van der Waals surface area contributed by atoms with E-state index in [0.29, 0.717) is 23.8 Å². The van der Waals surface area contributed by atoms with Crippen molar-refractivity contribution >= 4 is 17.7 Å². The van der Waals surface area contributed by atoms with Crippen molar-refractivity contribution in [1.82, 2.24) is 10.2 Å². The van der Waals surface area contributed by atoms with Gasteiger partial charge in [-0.1, -0.05) is 12.5 Å². The number of carbonyl (C=O) groups is 2. The number of amides is 2. The van der Waals surface area contributed by atoms with Crippen LogP contribution >= 0.6 is 0 Å². The van der Waals surface area contributed by atoms with Crippen molar-refractivity contribution in [3.63, 3.8) is 0 Å². The molecule has 0 bridgehead atoms. The summed E-state index contributed by atoms with van der Waals surface area (Å²) < 4.78 is 4.67. The molecule has 0 aliphatic carbocycles. The van der Waals surface area contributed by atoms with Gasteiger partial charge in [-0.25, -0.2) is 9.59 Å². The number of piperidine rings is 1. The van der Waals surface area contributed by atoms with Gasteiger partial charge in [-0.2, -0.15) is 0 Å². The van der Waals surface area contributed by atoms with E-state index in [2.05, 4.69) is 27.2 Å². The van der Waals surface area contributed by atoms with Crippen LogP contribution in [0.2, 0.25) is 0 Å². The van der Waals surface area contributed by atoms with Crippen LogP contribution in [0.3, 0.4) is 0 Å². The first-order chi connectivity index (χ1) is 12.1. The average Bonchev–Trinajstić information content (AvgIpc) is 2.62. The Morgan fingerprint density at radius 2 is 2.12 bits per heavy atom. The lowest BCUT2D eigenvalue weighted by atomic mass is 10.0. The zero-order valence-corrected chi connectivity index (χ0v) is 15.2. The molecule has 2 N–H and O–H groups in total. The maximum atomic E-state index is 11.9. The molecule has 1 atom stereocenters. The van der Waals surface area contributed by atoms with E-state index in [-0.39, 0.29) is 6.03 Å². The van der Waals surface area contributed by atoms with Gasteiger partial charge in [0.1, 0.15) is 0 Å². The highest BCUT2D eigenvalue weighted by Gasteiger charge is 2.17. The molecule has 0 saturated carbocycles. The van der Waals surface area contributed by atoms with Crippen molar-refractivity contribution in [2.24, 2.45) is 0 Å². The number of ether oxygens (including phenoxy) is 1. The molecule has 1 aromatic carbocycles. The number of carbonyl (C=O) groups excluding carboxylic acids is 2. The molecule has 1 aliphatic rings. The number of nitrogens with zero attached hydrogens (tertiary/aromatic N) is 1. The van der Waals surface area contributed by atoms with Crippen LogP contribution in [0.5, 0.6) is 0 Å². The van der Waals surface area contributed by atoms with Crippen LogP contribution < -0.4 is 10.6 Å². The monoisotopic (exact) mass is 347 g/mol. The minimum atomic E-state index is -0.420. The first-order valence-corrected chi connectivity index (χ1v) is 9.07. The van der Waals surface area contributed by atoms with Crippen molar-refractivity contribution in [3.8, 4) is 0 Å². The van der Waals surface area contributed by atoms with Crippen molar-refractivity contribution in [2.45, 2.75) is 45.1 Å². The van der Waals surface area contributed by atoms with Gasteiger partial charge in [0.25, 0.3) is 0 Å². The van der Waals surface area contributed by atoms with Gasteiger partial charge < -0.3 is 20.3 Å². The summed E-state index contributed by atoms with van der Waals surface area (Å²) in [7, 11) is 1.33. The average molecular weight is 347 g/mol. The second-order valence-corrected chi connectivity index (χ2v) is 6.54. The zero-order valence-electron chi connectivity index (χ0n) is 15.2. The highest BCUT2D eigenvalue weighted by molar-refractivity contribution is 5.93. The van der Waals surface area contributed by atoms with Crippen molar-refractivity contribution < 1.29 is 14.3 Å². The molecular weight excluding hydrogens is 318 g/mol. The number of anilines is 1. The van der Waals surface area contributed by atoms with Crippen LogP contribution in [0.1, 0.15) is 49.4 Å². The first-order valence-electron chi connectivity index (χ1n) is 9.07. The Bertz CT molecular complexity index is 577. The summed E-state index contributed by atoms with van der Waals surface area (Å²) in [6, 6.07) is 7.13. The van der Waals surface area contributed by atoms with E-state index < -0.39 is 5.97 Å². The minimum absolute atomic E-state index is 0.256. The number of rotatable bonds is 7. The van der Waals surface area contributed by atoms with E-state index >= 15 is 0 Å². The standard InChI is InChI=1S/C19H29N3O3/c1-15-8-3-5-12-22(15)13-6-4-11-20-19(24)21-17-10-7-9-16(14-17)18(23)25-2/h7,9-10,14-15H,3-6,8,11-13H2,1-2H3,(H2,20,21,24). The molecule has 1 fully saturated rings. The number of esters is 1. The predicted octanol–water partition coefficient (Wildman–Crippen LogP) is 3.25. The highest BCUT2D eigenvalue weighted by Crippen LogP contribution is 2.16. The Labute approximate surface area is 149 Å². The number of nitrogens with one attached hydrogen (secondary N) is 2. The lowest BCUT2D eigenvalue weighted by Gasteiger charge is -2.33. The normalized spacial score (nSPS) is 17.8. The van der Waals surface area contributed by atoms with E-state index in [9.17, 15) is 9.59 Å². The first kappa shape index (κ1) is 19.2. The van der Waals surface area contributed by atoms with Crippen LogP contribution in [-0.2, 0) is 4.74 Å². The van der Waals surface area contributed by atoms with Gasteiger partial charge in [-0.15, -0.1) is 0 Å². The SMILES string of the molecule is COC(=O)c1cccc(NC(=O)NCCCCN2CCCCC2C)c1. The molecule has 6 heteroatoms. The molecule has 2 amide bonds. The van der Waals surface area contributed by atoms with E-state index in [0.717, 1.165) is 19.4 Å². The second-order valence-electron chi connectivity index (χ2n) is 6.54. The molecule has 1 aliphatic heterocycles. The summed E-state index contributed by atoms with van der Waals surface area (Å²) in [4.78, 5) is 26.0. The Balaban J connectivity index is 1.64. The minimum Gasteiger partial charge on any atom is -0.465 e. The predicted molar refractivity (Wildman–Crippen MR) is 98.9 cm³/mol. The second kappa shape index (κ2) is 10.0. The number of hydrogen-bond acceptors (Lipinski definition) is 4. The zero-order chi connectivity index (χ0) is 18.1. The van der Waals surface area contributed by atoms with E-state index in [1.165, 1.54) is 32.9 Å². The summed E-state index contributed by atoms with van der Waals surface area (Å²) in [5.74, 6) is -0.420. The van der Waals surface area contributed by atoms with Gasteiger partial charge in [0.05, 0.1) is 12.7 Å². The van der Waals surface area contributed by atoms with Gasteiger partial charge >= 0.3 is 12.0 Å². The Hall–Kier alpha value is -2.08. The molecule has 0 aromatic heterocycles. The van der Waals surface area contributed by atoms with Crippen molar-refractivity contribution in [1.29, 1.82) is 0 Å². The molecule has 25 heavy (non-hydrogen) atoms. The topological polar surface area (TPSA) is 70.7 Å². The van der Waals surface area contributed by atoms with E-state index in [1.807, 2.05) is 0 Å². The van der Waals surface area contributed by atoms with Gasteiger partial charge in [0, 0.05) is 18.3 Å². The summed E-state index contributed by atoms with van der Waals surface area (Å²) in [6.07, 6.45) is 5.98. The quantitative estimate of drug-likeness (QED) is 0.587. The highest BCUT2D eigenvalue weighted by atomic mass is 16.5. The molecular formula is C19H29N3O3. The Morgan fingerprint density at radius 3 is 2.88 bits per heavy atom. The van der Waals surface area contributed by atoms with Crippen LogP contribution in [0.15, 0.2) is 24.3 Å². The molecule has 1 heterocycles. The largest absolute Gasteiger partial charge is 0.465 e. The molecule has 1 aromatic rings. The van der Waals surface area contributed by atoms with Crippen LogP contribution in [0, 0.1) is 0 Å². The van der Waals surface area contributed by atoms with E-state index in [4.69, 9.17) is 0 Å². The summed E-state index contributed by atoms with van der Waals surface area (Å²) in [5, 5.41) is 5.60. The number of hydrogen-bond donors (Lipinski definition) is 2. The Morgan fingerprint density at radius 1 is 1.28 bits per heavy atom. The molecule has 0 spiro atoms. The van der Waals surface area contributed by atoms with Crippen LogP contribution in [0.25, 0.3) is 0 Å². The van der Waals surface area contributed by atoms with Crippen LogP contribution in [0.4, 0.5) is 10.5 Å². The maximum absolute atomic E-state index is 11.9. The lowest BCUT2D eigenvalue weighted by molar-refractivity contribution is 0.0600. The van der Waals surface area contributed by atoms with Gasteiger partial charge in [-0.3, -0.25) is 0 Å². The third-order valence-electron chi connectivity index (χ3n) is 4.64. The summed E-state index contributed by atoms with van der Waals surface area (Å²) in [5.41, 5.74) is 0.985. The van der Waals surface area contributed by atoms with Gasteiger partial charge in [-0.05, 0) is 63.9 Å². The van der Waals surface area contributed by atoms with Crippen molar-refractivity contribution in [2.75, 3.05) is 32.1 Å². The maximum Gasteiger partial charge on any atom is 0.337 e. The molecule has 1 saturated heterocycles. The summed E-state index contributed by atoms with van der Waals surface area (Å²) >= 11 is 0. The number of urea groups is 1. The fraction of sp³-hybridized carbons (Fsp3) is 0.579. The molecule has 0 radical (unpaired) electrons. The fourth-order valence-electron chi connectivity index (χ4n) is 3.15. The number of likely N-dealkylation sites (tertiary alicyclic amines) is 1. The molecule has 1 unspecified atom stereocenters. The summed E-state index contributed by atoms with van der Waals surface area (Å²) in [6.45, 7) is 5.25. The number of benzene rings is 1. The van der Waals surface area contributed by atoms with Gasteiger partial charge in [0.2, 0.25) is 0 Å². The number of methoxy groups -OCH3 is 1. The van der Waals surface area contributed by atoms with E-state index in [1.54, 1.807) is 24.3 Å². The van der Waals surface area contributed by atoms with Crippen LogP contribution in [-0.4, -0.2) is 49.7 Å². The Kier molecular flexibility index (Phi) is 7.73. The lowest BCUT2D eigenvalue weighted by Crippen LogP contribution is -2.38. The van der Waals surface area contributed by atoms with Crippen molar-refractivity contribution in [3.05, 3.63) is 29.8 Å². The molecule has 138 valence electrons. The smallest absolute Gasteiger partial charge is 0.337 e. The molecule has 6 nitrogen and oxygen atoms in total. The third-order valence-corrected chi connectivity index (χ3v) is 4.64. The molecule has 2 rings (SSSR count). The number of unbranched alkanes of at least 4 members (excludes halogenated alkanes) is 1. The van der Waals surface area contributed by atoms with Gasteiger partial charge in [0.15, 0.2) is 0 Å². The third kappa shape index (κ3) is 6.38.